The quantitative estimate of drug-likeness (QED) is 0.652. The number of aromatic nitrogens is 4. The summed E-state index contributed by atoms with van der Waals surface area (Å²) in [6.45, 7) is 4.70. The molecule has 5 rings (SSSR count). The van der Waals surface area contributed by atoms with E-state index in [1.54, 1.807) is 12.3 Å². The lowest BCUT2D eigenvalue weighted by atomic mass is 9.97. The van der Waals surface area contributed by atoms with Crippen LogP contribution >= 0.6 is 11.3 Å². The molecule has 30 heavy (non-hydrogen) atoms. The van der Waals surface area contributed by atoms with Gasteiger partial charge in [-0.2, -0.15) is 5.10 Å². The van der Waals surface area contributed by atoms with Crippen LogP contribution in [0.15, 0.2) is 23.1 Å². The van der Waals surface area contributed by atoms with Gasteiger partial charge in [0.25, 0.3) is 11.5 Å². The number of nitrogens with zero attached hydrogens (tertiary/aromatic N) is 4. The van der Waals surface area contributed by atoms with E-state index in [1.165, 1.54) is 24.2 Å². The molecule has 1 saturated carbocycles. The predicted octanol–water partition coefficient (Wildman–Crippen LogP) is 2.63. The summed E-state index contributed by atoms with van der Waals surface area (Å²) in [5.41, 5.74) is 5.99. The summed E-state index contributed by atoms with van der Waals surface area (Å²) in [6.07, 6.45) is 6.26. The Morgan fingerprint density at radius 1 is 1.30 bits per heavy atom. The van der Waals surface area contributed by atoms with Crippen molar-refractivity contribution in [2.24, 2.45) is 11.7 Å². The SMILES string of the molecule is CC1CN(Cc2ccc(C(N)=O)s2)CC1c1nc2c(cnn2C2CCCC2)c(=O)[nH]1. The van der Waals surface area contributed by atoms with Crippen LogP contribution in [0.4, 0.5) is 0 Å². The molecule has 2 aliphatic rings. The van der Waals surface area contributed by atoms with Crippen molar-refractivity contribution in [1.82, 2.24) is 24.6 Å². The summed E-state index contributed by atoms with van der Waals surface area (Å²) in [6, 6.07) is 4.10. The normalized spacial score (nSPS) is 23.0. The minimum absolute atomic E-state index is 0.103. The van der Waals surface area contributed by atoms with Gasteiger partial charge in [0.15, 0.2) is 5.65 Å². The lowest BCUT2D eigenvalue weighted by molar-refractivity contribution is 0.100. The average Bonchev–Trinajstić information content (AvgIpc) is 3.48. The Bertz CT molecular complexity index is 1140. The van der Waals surface area contributed by atoms with Crippen LogP contribution in [0.1, 0.15) is 64.9 Å². The predicted molar refractivity (Wildman–Crippen MR) is 116 cm³/mol. The lowest BCUT2D eigenvalue weighted by Crippen LogP contribution is -2.21. The molecule has 3 aromatic rings. The van der Waals surface area contributed by atoms with Gasteiger partial charge in [-0.3, -0.25) is 14.5 Å². The van der Waals surface area contributed by atoms with E-state index in [4.69, 9.17) is 10.7 Å². The fraction of sp³-hybridized carbons (Fsp3) is 0.524. The number of aromatic amines is 1. The molecule has 4 heterocycles. The van der Waals surface area contributed by atoms with Crippen LogP contribution in [0.2, 0.25) is 0 Å². The van der Waals surface area contributed by atoms with Gasteiger partial charge < -0.3 is 10.7 Å². The number of likely N-dealkylation sites (tertiary alicyclic amines) is 1. The van der Waals surface area contributed by atoms with Gasteiger partial charge >= 0.3 is 0 Å². The van der Waals surface area contributed by atoms with Crippen LogP contribution < -0.4 is 11.3 Å². The highest BCUT2D eigenvalue weighted by molar-refractivity contribution is 7.14. The number of primary amides is 1. The summed E-state index contributed by atoms with van der Waals surface area (Å²) < 4.78 is 1.97. The molecule has 1 saturated heterocycles. The van der Waals surface area contributed by atoms with E-state index in [1.807, 2.05) is 10.7 Å². The fourth-order valence-electron chi connectivity index (χ4n) is 4.91. The molecule has 8 nitrogen and oxygen atoms in total. The Kier molecular flexibility index (Phi) is 4.94. The molecule has 2 unspecified atom stereocenters. The third-order valence-electron chi connectivity index (χ3n) is 6.48. The van der Waals surface area contributed by atoms with Gasteiger partial charge in [0, 0.05) is 30.4 Å². The van der Waals surface area contributed by atoms with Crippen molar-refractivity contribution in [2.45, 2.75) is 51.1 Å². The highest BCUT2D eigenvalue weighted by Crippen LogP contribution is 2.34. The maximum Gasteiger partial charge on any atom is 0.262 e. The van der Waals surface area contributed by atoms with Crippen molar-refractivity contribution in [1.29, 1.82) is 0 Å². The number of carbonyl (C=O) groups is 1. The van der Waals surface area contributed by atoms with Crippen molar-refractivity contribution < 1.29 is 4.79 Å². The van der Waals surface area contributed by atoms with E-state index >= 15 is 0 Å². The maximum atomic E-state index is 12.7. The van der Waals surface area contributed by atoms with Gasteiger partial charge in [0.1, 0.15) is 11.2 Å². The Balaban J connectivity index is 1.39. The fourth-order valence-corrected chi connectivity index (χ4v) is 5.82. The number of rotatable bonds is 5. The minimum atomic E-state index is -0.382. The summed E-state index contributed by atoms with van der Waals surface area (Å²) in [7, 11) is 0. The first-order valence-corrected chi connectivity index (χ1v) is 11.4. The van der Waals surface area contributed by atoms with Crippen LogP contribution in [0.3, 0.4) is 0 Å². The van der Waals surface area contributed by atoms with Gasteiger partial charge in [-0.15, -0.1) is 11.3 Å². The molecule has 0 spiro atoms. The number of H-pyrrole nitrogens is 1. The Hall–Kier alpha value is -2.52. The van der Waals surface area contributed by atoms with Gasteiger partial charge in [-0.05, 0) is 30.9 Å². The maximum absolute atomic E-state index is 12.7. The van der Waals surface area contributed by atoms with Gasteiger partial charge in [-0.25, -0.2) is 9.67 Å². The third-order valence-corrected chi connectivity index (χ3v) is 7.56. The average molecular weight is 427 g/mol. The number of nitrogens with two attached hydrogens (primary N) is 1. The zero-order valence-corrected chi connectivity index (χ0v) is 17.8. The molecule has 2 fully saturated rings. The van der Waals surface area contributed by atoms with Crippen molar-refractivity contribution in [3.8, 4) is 0 Å². The van der Waals surface area contributed by atoms with Crippen LogP contribution in [-0.2, 0) is 6.54 Å². The van der Waals surface area contributed by atoms with Crippen molar-refractivity contribution in [3.05, 3.63) is 44.3 Å². The van der Waals surface area contributed by atoms with E-state index in [0.29, 0.717) is 22.2 Å². The van der Waals surface area contributed by atoms with E-state index in [9.17, 15) is 9.59 Å². The van der Waals surface area contributed by atoms with Gasteiger partial charge in [0.05, 0.1) is 17.1 Å². The Morgan fingerprint density at radius 2 is 2.10 bits per heavy atom. The number of fused-ring (bicyclic) bond motifs is 1. The largest absolute Gasteiger partial charge is 0.365 e. The van der Waals surface area contributed by atoms with Crippen molar-refractivity contribution >= 4 is 28.3 Å². The number of thiophene rings is 1. The standard InChI is InChI=1S/C21H26N6O2S/c1-12-9-26(10-14-6-7-17(30-14)18(22)28)11-16(12)19-24-20-15(21(29)25-19)8-23-27(20)13-4-2-3-5-13/h6-8,12-13,16H,2-5,9-11H2,1H3,(H2,22,28)(H,24,25,29). The smallest absolute Gasteiger partial charge is 0.262 e. The number of hydrogen-bond donors (Lipinski definition) is 2. The van der Waals surface area contributed by atoms with Gasteiger partial charge in [-0.1, -0.05) is 19.8 Å². The number of carbonyl (C=O) groups excluding carboxylic acids is 1. The highest BCUT2D eigenvalue weighted by atomic mass is 32.1. The third kappa shape index (κ3) is 3.45. The molecule has 1 aliphatic heterocycles. The molecule has 1 amide bonds. The first kappa shape index (κ1) is 19.4. The molecule has 3 aromatic heterocycles. The van der Waals surface area contributed by atoms with Crippen molar-refractivity contribution in [3.63, 3.8) is 0 Å². The number of amides is 1. The molecule has 2 atom stereocenters. The summed E-state index contributed by atoms with van der Waals surface area (Å²) in [5.74, 6) is 0.896. The Labute approximate surface area is 178 Å². The monoisotopic (exact) mass is 426 g/mol. The summed E-state index contributed by atoms with van der Waals surface area (Å²) in [5, 5.41) is 5.07. The Morgan fingerprint density at radius 3 is 2.83 bits per heavy atom. The first-order chi connectivity index (χ1) is 14.5. The number of hydrogen-bond acceptors (Lipinski definition) is 6. The highest BCUT2D eigenvalue weighted by Gasteiger charge is 2.33. The van der Waals surface area contributed by atoms with E-state index in [0.717, 1.165) is 48.8 Å². The topological polar surface area (TPSA) is 110 Å². The molecule has 0 bridgehead atoms. The molecule has 3 N–H and O–H groups in total. The second-order valence-electron chi connectivity index (χ2n) is 8.62. The second-order valence-corrected chi connectivity index (χ2v) is 9.79. The van der Waals surface area contributed by atoms with Crippen LogP contribution in [0.5, 0.6) is 0 Å². The van der Waals surface area contributed by atoms with Crippen LogP contribution in [0.25, 0.3) is 11.0 Å². The van der Waals surface area contributed by atoms with Crippen LogP contribution in [0, 0.1) is 5.92 Å². The number of nitrogens with one attached hydrogen (secondary N) is 1. The van der Waals surface area contributed by atoms with Gasteiger partial charge in [0.2, 0.25) is 0 Å². The van der Waals surface area contributed by atoms with Crippen molar-refractivity contribution in [2.75, 3.05) is 13.1 Å². The molecular weight excluding hydrogens is 400 g/mol. The summed E-state index contributed by atoms with van der Waals surface area (Å²) in [4.78, 5) is 36.1. The minimum Gasteiger partial charge on any atom is -0.365 e. The molecule has 158 valence electrons. The molecular formula is C21H26N6O2S. The van der Waals surface area contributed by atoms with E-state index in [2.05, 4.69) is 21.9 Å². The van der Waals surface area contributed by atoms with Crippen LogP contribution in [-0.4, -0.2) is 43.6 Å². The molecule has 1 aliphatic carbocycles. The molecule has 0 aromatic carbocycles. The second kappa shape index (κ2) is 7.63. The van der Waals surface area contributed by atoms with E-state index < -0.39 is 0 Å². The first-order valence-electron chi connectivity index (χ1n) is 10.6. The molecule has 0 radical (unpaired) electrons. The zero-order valence-electron chi connectivity index (χ0n) is 17.0. The molecule has 9 heteroatoms. The lowest BCUT2D eigenvalue weighted by Gasteiger charge is -2.16. The summed E-state index contributed by atoms with van der Waals surface area (Å²) >= 11 is 1.45. The van der Waals surface area contributed by atoms with E-state index in [-0.39, 0.29) is 17.4 Å². The zero-order chi connectivity index (χ0) is 20.8.